The third-order valence-corrected chi connectivity index (χ3v) is 2.51. The Labute approximate surface area is 115 Å². The lowest BCUT2D eigenvalue weighted by atomic mass is 9.87. The summed E-state index contributed by atoms with van der Waals surface area (Å²) in [5, 5.41) is 13.5. The molecule has 20 heavy (non-hydrogen) atoms. The van der Waals surface area contributed by atoms with Crippen molar-refractivity contribution >= 4 is 17.7 Å². The normalized spacial score (nSPS) is 12.7. The molecule has 0 saturated carbocycles. The Morgan fingerprint density at radius 2 is 1.65 bits per heavy atom. The van der Waals surface area contributed by atoms with Gasteiger partial charge in [-0.25, -0.2) is 18.4 Å². The minimum atomic E-state index is -1.20. The van der Waals surface area contributed by atoms with Crippen LogP contribution in [0.3, 0.4) is 0 Å². The number of amides is 2. The van der Waals surface area contributed by atoms with Crippen molar-refractivity contribution in [2.75, 3.05) is 5.32 Å². The average Bonchev–Trinajstić information content (AvgIpc) is 2.22. The zero-order valence-corrected chi connectivity index (χ0v) is 11.3. The number of urea groups is 1. The Bertz CT molecular complexity index is 507. The first-order valence-corrected chi connectivity index (χ1v) is 5.86. The van der Waals surface area contributed by atoms with Crippen molar-refractivity contribution in [3.05, 3.63) is 29.8 Å². The van der Waals surface area contributed by atoms with E-state index in [1.807, 2.05) is 0 Å². The summed E-state index contributed by atoms with van der Waals surface area (Å²) in [6, 6.07) is 0.529. The first kappa shape index (κ1) is 15.9. The molecule has 0 saturated heterocycles. The van der Waals surface area contributed by atoms with E-state index in [0.717, 1.165) is 12.1 Å². The van der Waals surface area contributed by atoms with Gasteiger partial charge in [0.1, 0.15) is 17.7 Å². The van der Waals surface area contributed by atoms with Crippen molar-refractivity contribution in [1.82, 2.24) is 5.32 Å². The van der Waals surface area contributed by atoms with Crippen LogP contribution in [0.2, 0.25) is 0 Å². The van der Waals surface area contributed by atoms with Gasteiger partial charge in [0.2, 0.25) is 0 Å². The average molecular weight is 286 g/mol. The monoisotopic (exact) mass is 286 g/mol. The van der Waals surface area contributed by atoms with E-state index in [1.165, 1.54) is 0 Å². The molecule has 1 aromatic rings. The molecule has 1 atom stereocenters. The number of anilines is 1. The SMILES string of the molecule is CC(C)(C)[C@H](NC(=O)Nc1cc(F)cc(F)c1)C(=O)O. The summed E-state index contributed by atoms with van der Waals surface area (Å²) < 4.78 is 25.9. The lowest BCUT2D eigenvalue weighted by Crippen LogP contribution is -2.50. The quantitative estimate of drug-likeness (QED) is 0.799. The predicted octanol–water partition coefficient (Wildman–Crippen LogP) is 2.59. The molecule has 0 fully saturated rings. The first-order valence-electron chi connectivity index (χ1n) is 5.86. The van der Waals surface area contributed by atoms with E-state index in [2.05, 4.69) is 10.6 Å². The van der Waals surface area contributed by atoms with Gasteiger partial charge in [0.05, 0.1) is 0 Å². The minimum absolute atomic E-state index is 0.0990. The zero-order valence-electron chi connectivity index (χ0n) is 11.3. The van der Waals surface area contributed by atoms with Crippen molar-refractivity contribution in [2.45, 2.75) is 26.8 Å². The second kappa shape index (κ2) is 5.85. The molecule has 0 aliphatic carbocycles. The Kier molecular flexibility index (Phi) is 4.65. The van der Waals surface area contributed by atoms with E-state index in [1.54, 1.807) is 20.8 Å². The number of carbonyl (C=O) groups excluding carboxylic acids is 1. The molecule has 1 rings (SSSR count). The second-order valence-corrected chi connectivity index (χ2v) is 5.39. The van der Waals surface area contributed by atoms with Crippen LogP contribution in [0.25, 0.3) is 0 Å². The summed E-state index contributed by atoms with van der Waals surface area (Å²) in [4.78, 5) is 22.7. The summed E-state index contributed by atoms with van der Waals surface area (Å²) in [6.07, 6.45) is 0. The van der Waals surface area contributed by atoms with Crippen molar-refractivity contribution in [1.29, 1.82) is 0 Å². The van der Waals surface area contributed by atoms with E-state index in [9.17, 15) is 18.4 Å². The summed E-state index contributed by atoms with van der Waals surface area (Å²) in [5.41, 5.74) is -0.811. The summed E-state index contributed by atoms with van der Waals surface area (Å²) in [5.74, 6) is -2.88. The summed E-state index contributed by atoms with van der Waals surface area (Å²) in [7, 11) is 0. The molecule has 3 N–H and O–H groups in total. The van der Waals surface area contributed by atoms with E-state index in [0.29, 0.717) is 6.07 Å². The molecule has 0 aliphatic heterocycles. The van der Waals surface area contributed by atoms with Gasteiger partial charge in [-0.05, 0) is 17.5 Å². The highest BCUT2D eigenvalue weighted by atomic mass is 19.1. The van der Waals surface area contributed by atoms with Crippen LogP contribution in [0.4, 0.5) is 19.3 Å². The largest absolute Gasteiger partial charge is 0.480 e. The molecular weight excluding hydrogens is 270 g/mol. The predicted molar refractivity (Wildman–Crippen MR) is 69.4 cm³/mol. The molecule has 5 nitrogen and oxygen atoms in total. The van der Waals surface area contributed by atoms with Gasteiger partial charge in [-0.15, -0.1) is 0 Å². The van der Waals surface area contributed by atoms with Crippen molar-refractivity contribution in [2.24, 2.45) is 5.41 Å². The molecule has 0 unspecified atom stereocenters. The Morgan fingerprint density at radius 1 is 1.15 bits per heavy atom. The number of hydrogen-bond donors (Lipinski definition) is 3. The fourth-order valence-electron chi connectivity index (χ4n) is 1.57. The third kappa shape index (κ3) is 4.49. The van der Waals surface area contributed by atoms with Crippen LogP contribution >= 0.6 is 0 Å². The zero-order chi connectivity index (χ0) is 15.5. The van der Waals surface area contributed by atoms with Gasteiger partial charge in [0.15, 0.2) is 0 Å². The van der Waals surface area contributed by atoms with Crippen LogP contribution in [-0.4, -0.2) is 23.1 Å². The number of carboxylic acid groups (broad SMARTS) is 1. The fraction of sp³-hybridized carbons (Fsp3) is 0.385. The number of carboxylic acids is 1. The number of rotatable bonds is 3. The van der Waals surface area contributed by atoms with E-state index in [-0.39, 0.29) is 5.69 Å². The molecule has 7 heteroatoms. The van der Waals surface area contributed by atoms with Gasteiger partial charge < -0.3 is 15.7 Å². The van der Waals surface area contributed by atoms with Gasteiger partial charge in [0.25, 0.3) is 0 Å². The standard InChI is InChI=1S/C13H16F2N2O3/c1-13(2,3)10(11(18)19)17-12(20)16-9-5-7(14)4-8(15)6-9/h4-6,10H,1-3H3,(H,18,19)(H2,16,17,20)/t10-/m1/s1. The molecule has 110 valence electrons. The third-order valence-electron chi connectivity index (χ3n) is 2.51. The Hall–Kier alpha value is -2.18. The van der Waals surface area contributed by atoms with Crippen LogP contribution in [-0.2, 0) is 4.79 Å². The topological polar surface area (TPSA) is 78.4 Å². The first-order chi connectivity index (χ1) is 9.09. The molecular formula is C13H16F2N2O3. The van der Waals surface area contributed by atoms with E-state index < -0.39 is 35.1 Å². The second-order valence-electron chi connectivity index (χ2n) is 5.39. The van der Waals surface area contributed by atoms with Gasteiger partial charge >= 0.3 is 12.0 Å². The van der Waals surface area contributed by atoms with Crippen molar-refractivity contribution < 1.29 is 23.5 Å². The number of nitrogens with one attached hydrogen (secondary N) is 2. The lowest BCUT2D eigenvalue weighted by Gasteiger charge is -2.27. The van der Waals surface area contributed by atoms with E-state index in [4.69, 9.17) is 5.11 Å². The minimum Gasteiger partial charge on any atom is -0.480 e. The van der Waals surface area contributed by atoms with Gasteiger partial charge in [0, 0.05) is 11.8 Å². The fourth-order valence-corrected chi connectivity index (χ4v) is 1.57. The Morgan fingerprint density at radius 3 is 2.05 bits per heavy atom. The number of aliphatic carboxylic acids is 1. The number of carbonyl (C=O) groups is 2. The molecule has 0 radical (unpaired) electrons. The van der Waals surface area contributed by atoms with Crippen molar-refractivity contribution in [3.63, 3.8) is 0 Å². The summed E-state index contributed by atoms with van der Waals surface area (Å²) in [6.45, 7) is 4.94. The molecule has 1 aromatic carbocycles. The van der Waals surface area contributed by atoms with Crippen molar-refractivity contribution in [3.8, 4) is 0 Å². The number of hydrogen-bond acceptors (Lipinski definition) is 2. The van der Waals surface area contributed by atoms with Crippen LogP contribution in [0.1, 0.15) is 20.8 Å². The maximum Gasteiger partial charge on any atom is 0.326 e. The highest BCUT2D eigenvalue weighted by Gasteiger charge is 2.32. The molecule has 0 aliphatic rings. The molecule has 2 amide bonds. The molecule has 0 heterocycles. The number of benzene rings is 1. The van der Waals surface area contributed by atoms with Crippen LogP contribution < -0.4 is 10.6 Å². The maximum atomic E-state index is 13.0. The lowest BCUT2D eigenvalue weighted by molar-refractivity contribution is -0.141. The molecule has 0 spiro atoms. The van der Waals surface area contributed by atoms with Crippen LogP contribution in [0.5, 0.6) is 0 Å². The highest BCUT2D eigenvalue weighted by molar-refractivity contribution is 5.92. The summed E-state index contributed by atoms with van der Waals surface area (Å²) >= 11 is 0. The Balaban J connectivity index is 2.78. The smallest absolute Gasteiger partial charge is 0.326 e. The van der Waals surface area contributed by atoms with E-state index >= 15 is 0 Å². The maximum absolute atomic E-state index is 13.0. The van der Waals surface area contributed by atoms with Gasteiger partial charge in [-0.3, -0.25) is 0 Å². The van der Waals surface area contributed by atoms with Gasteiger partial charge in [-0.2, -0.15) is 0 Å². The number of halogens is 2. The van der Waals surface area contributed by atoms with Crippen LogP contribution in [0.15, 0.2) is 18.2 Å². The highest BCUT2D eigenvalue weighted by Crippen LogP contribution is 2.20. The molecule has 0 aromatic heterocycles. The molecule has 0 bridgehead atoms. The van der Waals surface area contributed by atoms with Crippen LogP contribution in [0, 0.1) is 17.0 Å². The van der Waals surface area contributed by atoms with Gasteiger partial charge in [-0.1, -0.05) is 20.8 Å².